The third-order valence-electron chi connectivity index (χ3n) is 3.80. The molecule has 1 saturated heterocycles. The van der Waals surface area contributed by atoms with Crippen molar-refractivity contribution < 1.29 is 5.11 Å². The highest BCUT2D eigenvalue weighted by atomic mass is 16.3. The van der Waals surface area contributed by atoms with Gasteiger partial charge in [-0.15, -0.1) is 0 Å². The van der Waals surface area contributed by atoms with Gasteiger partial charge in [0.25, 0.3) is 5.56 Å². The van der Waals surface area contributed by atoms with E-state index >= 15 is 0 Å². The van der Waals surface area contributed by atoms with Crippen molar-refractivity contribution in [1.82, 2.24) is 9.47 Å². The third kappa shape index (κ3) is 4.08. The minimum atomic E-state index is -0.00174. The van der Waals surface area contributed by atoms with Gasteiger partial charge in [-0.2, -0.15) is 0 Å². The molecule has 5 heteroatoms. The number of aliphatic hydroxyl groups excluding tert-OH is 1. The van der Waals surface area contributed by atoms with E-state index in [-0.39, 0.29) is 12.2 Å². The summed E-state index contributed by atoms with van der Waals surface area (Å²) in [6, 6.07) is 3.15. The number of nitrogens with two attached hydrogens (primary N) is 1. The van der Waals surface area contributed by atoms with Crippen LogP contribution in [0.4, 0.5) is 5.69 Å². The second kappa shape index (κ2) is 6.73. The van der Waals surface area contributed by atoms with Crippen LogP contribution < -0.4 is 11.3 Å². The SMILES string of the molecule is Nc1ccc(=O)n(CCN2CCCC(CCO)C2)c1. The molecular formula is C14H23N3O2. The summed E-state index contributed by atoms with van der Waals surface area (Å²) < 4.78 is 1.67. The Kier molecular flexibility index (Phi) is 4.99. The molecule has 0 spiro atoms. The second-order valence-electron chi connectivity index (χ2n) is 5.32. The van der Waals surface area contributed by atoms with E-state index in [2.05, 4.69) is 4.90 Å². The number of aromatic nitrogens is 1. The number of hydrogen-bond donors (Lipinski definition) is 2. The normalized spacial score (nSPS) is 20.6. The van der Waals surface area contributed by atoms with Crippen LogP contribution in [0.15, 0.2) is 23.1 Å². The lowest BCUT2D eigenvalue weighted by Crippen LogP contribution is -2.38. The van der Waals surface area contributed by atoms with Crippen molar-refractivity contribution in [3.8, 4) is 0 Å². The van der Waals surface area contributed by atoms with Gasteiger partial charge < -0.3 is 20.3 Å². The fourth-order valence-electron chi connectivity index (χ4n) is 2.75. The van der Waals surface area contributed by atoms with Crippen LogP contribution in [-0.4, -0.2) is 40.8 Å². The first-order valence-corrected chi connectivity index (χ1v) is 6.98. The predicted molar refractivity (Wildman–Crippen MR) is 76.0 cm³/mol. The number of pyridine rings is 1. The average molecular weight is 265 g/mol. The molecular weight excluding hydrogens is 242 g/mol. The quantitative estimate of drug-likeness (QED) is 0.814. The van der Waals surface area contributed by atoms with E-state index in [1.54, 1.807) is 16.8 Å². The lowest BCUT2D eigenvalue weighted by molar-refractivity contribution is 0.144. The summed E-state index contributed by atoms with van der Waals surface area (Å²) in [6.07, 6.45) is 4.97. The molecule has 2 heterocycles. The zero-order valence-corrected chi connectivity index (χ0v) is 11.3. The minimum Gasteiger partial charge on any atom is -0.398 e. The lowest BCUT2D eigenvalue weighted by Gasteiger charge is -2.32. The average Bonchev–Trinajstić information content (AvgIpc) is 2.41. The second-order valence-corrected chi connectivity index (χ2v) is 5.32. The van der Waals surface area contributed by atoms with Gasteiger partial charge in [-0.3, -0.25) is 4.79 Å². The fourth-order valence-corrected chi connectivity index (χ4v) is 2.75. The van der Waals surface area contributed by atoms with Crippen LogP contribution in [0.3, 0.4) is 0 Å². The first kappa shape index (κ1) is 14.1. The molecule has 0 aromatic carbocycles. The molecule has 19 heavy (non-hydrogen) atoms. The van der Waals surface area contributed by atoms with Crippen molar-refractivity contribution in [3.63, 3.8) is 0 Å². The van der Waals surface area contributed by atoms with Crippen molar-refractivity contribution in [2.45, 2.75) is 25.8 Å². The maximum Gasteiger partial charge on any atom is 0.250 e. The molecule has 1 unspecified atom stereocenters. The molecule has 1 atom stereocenters. The van der Waals surface area contributed by atoms with Crippen LogP contribution in [0, 0.1) is 5.92 Å². The number of likely N-dealkylation sites (tertiary alicyclic amines) is 1. The Bertz CT molecular complexity index is 456. The molecule has 1 aliphatic heterocycles. The zero-order valence-electron chi connectivity index (χ0n) is 11.3. The molecule has 0 amide bonds. The number of nitrogens with zero attached hydrogens (tertiary/aromatic N) is 2. The molecule has 0 radical (unpaired) electrons. The molecule has 0 aliphatic carbocycles. The van der Waals surface area contributed by atoms with E-state index in [4.69, 9.17) is 10.8 Å². The van der Waals surface area contributed by atoms with Gasteiger partial charge in [-0.1, -0.05) is 0 Å². The first-order valence-electron chi connectivity index (χ1n) is 6.98. The number of anilines is 1. The van der Waals surface area contributed by atoms with Crippen LogP contribution in [0.1, 0.15) is 19.3 Å². The Morgan fingerprint density at radius 1 is 1.37 bits per heavy atom. The van der Waals surface area contributed by atoms with Crippen LogP contribution in [0.25, 0.3) is 0 Å². The Hall–Kier alpha value is -1.33. The van der Waals surface area contributed by atoms with E-state index in [1.807, 2.05) is 0 Å². The number of aliphatic hydroxyl groups is 1. The van der Waals surface area contributed by atoms with Gasteiger partial charge in [-0.25, -0.2) is 0 Å². The van der Waals surface area contributed by atoms with Crippen LogP contribution in [-0.2, 0) is 6.54 Å². The number of nitrogen functional groups attached to an aromatic ring is 1. The maximum absolute atomic E-state index is 11.7. The van der Waals surface area contributed by atoms with Crippen molar-refractivity contribution in [3.05, 3.63) is 28.7 Å². The molecule has 1 fully saturated rings. The van der Waals surface area contributed by atoms with Crippen LogP contribution in [0.5, 0.6) is 0 Å². The minimum absolute atomic E-state index is 0.00174. The highest BCUT2D eigenvalue weighted by Crippen LogP contribution is 2.18. The largest absolute Gasteiger partial charge is 0.398 e. The standard InChI is InChI=1S/C14H23N3O2/c15-13-3-4-14(19)17(11-13)8-7-16-6-1-2-12(10-16)5-9-18/h3-4,11-12,18H,1-2,5-10,15H2. The van der Waals surface area contributed by atoms with Crippen molar-refractivity contribution in [1.29, 1.82) is 0 Å². The summed E-state index contributed by atoms with van der Waals surface area (Å²) in [6.45, 7) is 3.92. The van der Waals surface area contributed by atoms with E-state index in [1.165, 1.54) is 18.9 Å². The van der Waals surface area contributed by atoms with Gasteiger partial charge in [-0.05, 0) is 37.8 Å². The van der Waals surface area contributed by atoms with Gasteiger partial charge in [0.15, 0.2) is 0 Å². The maximum atomic E-state index is 11.7. The molecule has 0 bridgehead atoms. The molecule has 1 aliphatic rings. The smallest absolute Gasteiger partial charge is 0.250 e. The summed E-state index contributed by atoms with van der Waals surface area (Å²) in [5.41, 5.74) is 6.32. The molecule has 2 rings (SSSR count). The van der Waals surface area contributed by atoms with Crippen LogP contribution >= 0.6 is 0 Å². The fraction of sp³-hybridized carbons (Fsp3) is 0.643. The van der Waals surface area contributed by atoms with Gasteiger partial charge in [0.2, 0.25) is 0 Å². The Morgan fingerprint density at radius 2 is 2.21 bits per heavy atom. The Labute approximate surface area is 113 Å². The Balaban J connectivity index is 1.87. The summed E-state index contributed by atoms with van der Waals surface area (Å²) in [7, 11) is 0. The molecule has 0 saturated carbocycles. The van der Waals surface area contributed by atoms with E-state index < -0.39 is 0 Å². The van der Waals surface area contributed by atoms with Crippen molar-refractivity contribution in [2.75, 3.05) is 32.0 Å². The first-order chi connectivity index (χ1) is 9.19. The summed E-state index contributed by atoms with van der Waals surface area (Å²) in [5.74, 6) is 0.594. The third-order valence-corrected chi connectivity index (χ3v) is 3.80. The summed E-state index contributed by atoms with van der Waals surface area (Å²) in [5, 5.41) is 9.00. The van der Waals surface area contributed by atoms with Gasteiger partial charge in [0, 0.05) is 44.2 Å². The highest BCUT2D eigenvalue weighted by Gasteiger charge is 2.19. The van der Waals surface area contributed by atoms with Crippen molar-refractivity contribution in [2.24, 2.45) is 5.92 Å². The lowest BCUT2D eigenvalue weighted by atomic mass is 9.95. The summed E-state index contributed by atoms with van der Waals surface area (Å²) in [4.78, 5) is 14.0. The van der Waals surface area contributed by atoms with Gasteiger partial charge in [0.05, 0.1) is 0 Å². The zero-order chi connectivity index (χ0) is 13.7. The molecule has 1 aromatic heterocycles. The number of rotatable bonds is 5. The topological polar surface area (TPSA) is 71.5 Å². The van der Waals surface area contributed by atoms with Gasteiger partial charge in [0.1, 0.15) is 0 Å². The van der Waals surface area contributed by atoms with E-state index in [0.29, 0.717) is 18.2 Å². The van der Waals surface area contributed by atoms with E-state index in [9.17, 15) is 4.79 Å². The number of hydrogen-bond acceptors (Lipinski definition) is 4. The highest BCUT2D eigenvalue weighted by molar-refractivity contribution is 5.33. The Morgan fingerprint density at radius 3 is 3.00 bits per heavy atom. The monoisotopic (exact) mass is 265 g/mol. The van der Waals surface area contributed by atoms with Crippen LogP contribution in [0.2, 0.25) is 0 Å². The molecule has 1 aromatic rings. The van der Waals surface area contributed by atoms with Crippen molar-refractivity contribution >= 4 is 5.69 Å². The molecule has 5 nitrogen and oxygen atoms in total. The number of piperidine rings is 1. The molecule has 3 N–H and O–H groups in total. The predicted octanol–water partition coefficient (Wildman–Crippen LogP) is 0.525. The van der Waals surface area contributed by atoms with Gasteiger partial charge >= 0.3 is 0 Å². The molecule has 106 valence electrons. The summed E-state index contributed by atoms with van der Waals surface area (Å²) >= 11 is 0. The van der Waals surface area contributed by atoms with E-state index in [0.717, 1.165) is 26.1 Å².